The standard InChI is InChI=1S/C8H17NO.C7H15NO.C2H6/c1-7(2)9-4-5-10-6-8(9)3;1-7(2)8-3-5-9-6-4-8;1-2/h7-8H,4-6H2,1-3H3;7H,3-6H2,1-2H3;1-2H3. The molecule has 1 atom stereocenters. The molecule has 21 heavy (non-hydrogen) atoms. The molecule has 0 bridgehead atoms. The lowest BCUT2D eigenvalue weighted by Crippen LogP contribution is -2.47. The number of hydrogen-bond donors (Lipinski definition) is 0. The summed E-state index contributed by atoms with van der Waals surface area (Å²) in [5.74, 6) is 0. The van der Waals surface area contributed by atoms with Gasteiger partial charge in [0.15, 0.2) is 0 Å². The number of hydrogen-bond acceptors (Lipinski definition) is 4. The first-order valence-electron chi connectivity index (χ1n) is 8.67. The van der Waals surface area contributed by atoms with Crippen LogP contribution in [-0.4, -0.2) is 74.0 Å². The van der Waals surface area contributed by atoms with E-state index in [9.17, 15) is 0 Å². The highest BCUT2D eigenvalue weighted by Crippen LogP contribution is 2.09. The third-order valence-corrected chi connectivity index (χ3v) is 3.86. The van der Waals surface area contributed by atoms with E-state index < -0.39 is 0 Å². The van der Waals surface area contributed by atoms with Crippen molar-refractivity contribution in [1.82, 2.24) is 9.80 Å². The highest BCUT2D eigenvalue weighted by Gasteiger charge is 2.20. The first-order chi connectivity index (χ1) is 10.0. The zero-order valence-corrected chi connectivity index (χ0v) is 15.4. The summed E-state index contributed by atoms with van der Waals surface area (Å²) in [6, 6.07) is 1.96. The van der Waals surface area contributed by atoms with Crippen molar-refractivity contribution in [3.8, 4) is 0 Å². The van der Waals surface area contributed by atoms with Crippen LogP contribution in [0.4, 0.5) is 0 Å². The summed E-state index contributed by atoms with van der Waals surface area (Å²) in [7, 11) is 0. The van der Waals surface area contributed by atoms with Gasteiger partial charge in [0, 0.05) is 37.8 Å². The van der Waals surface area contributed by atoms with E-state index in [2.05, 4.69) is 44.4 Å². The Kier molecular flexibility index (Phi) is 12.3. The molecule has 2 heterocycles. The normalized spacial score (nSPS) is 24.1. The van der Waals surface area contributed by atoms with Crippen LogP contribution in [0.5, 0.6) is 0 Å². The maximum atomic E-state index is 5.32. The SMILES string of the molecule is CC.CC(C)N1CCOCC1.CC(C)N1CCOCC1C. The molecule has 0 aromatic carbocycles. The second-order valence-electron chi connectivity index (χ2n) is 6.00. The van der Waals surface area contributed by atoms with Crippen LogP contribution in [0.25, 0.3) is 0 Å². The van der Waals surface area contributed by atoms with Gasteiger partial charge in [0.1, 0.15) is 0 Å². The summed E-state index contributed by atoms with van der Waals surface area (Å²) in [6.45, 7) is 22.1. The fourth-order valence-corrected chi connectivity index (χ4v) is 2.60. The molecule has 4 heteroatoms. The summed E-state index contributed by atoms with van der Waals surface area (Å²) in [5, 5.41) is 0. The smallest absolute Gasteiger partial charge is 0.0619 e. The Morgan fingerprint density at radius 3 is 1.67 bits per heavy atom. The van der Waals surface area contributed by atoms with Gasteiger partial charge in [0.2, 0.25) is 0 Å². The minimum atomic E-state index is 0.605. The second-order valence-corrected chi connectivity index (χ2v) is 6.00. The van der Waals surface area contributed by atoms with Crippen LogP contribution in [0.3, 0.4) is 0 Å². The molecule has 0 saturated carbocycles. The van der Waals surface area contributed by atoms with E-state index in [1.807, 2.05) is 13.8 Å². The monoisotopic (exact) mass is 302 g/mol. The van der Waals surface area contributed by atoms with Gasteiger partial charge < -0.3 is 9.47 Å². The van der Waals surface area contributed by atoms with E-state index in [1.54, 1.807) is 0 Å². The molecule has 2 aliphatic rings. The van der Waals surface area contributed by atoms with Gasteiger partial charge in [0.05, 0.1) is 26.4 Å². The maximum Gasteiger partial charge on any atom is 0.0619 e. The Morgan fingerprint density at radius 2 is 1.33 bits per heavy atom. The van der Waals surface area contributed by atoms with Crippen LogP contribution in [0.2, 0.25) is 0 Å². The van der Waals surface area contributed by atoms with Crippen LogP contribution in [-0.2, 0) is 9.47 Å². The second kappa shape index (κ2) is 12.4. The molecule has 0 radical (unpaired) electrons. The lowest BCUT2D eigenvalue weighted by atomic mass is 10.2. The molecule has 2 aliphatic heterocycles. The van der Waals surface area contributed by atoms with Crippen molar-refractivity contribution in [2.24, 2.45) is 0 Å². The molecule has 1 unspecified atom stereocenters. The summed E-state index contributed by atoms with van der Waals surface area (Å²) in [5.41, 5.74) is 0. The Bertz CT molecular complexity index is 229. The zero-order chi connectivity index (χ0) is 16.3. The number of morpholine rings is 2. The van der Waals surface area contributed by atoms with Crippen LogP contribution >= 0.6 is 0 Å². The van der Waals surface area contributed by atoms with E-state index >= 15 is 0 Å². The Hall–Kier alpha value is -0.160. The van der Waals surface area contributed by atoms with Gasteiger partial charge in [-0.1, -0.05) is 13.8 Å². The molecule has 2 saturated heterocycles. The minimum absolute atomic E-state index is 0.605. The molecular formula is C17H38N2O2. The first-order valence-corrected chi connectivity index (χ1v) is 8.67. The summed E-state index contributed by atoms with van der Waals surface area (Å²) < 4.78 is 10.5. The highest BCUT2D eigenvalue weighted by atomic mass is 16.5. The van der Waals surface area contributed by atoms with E-state index in [0.29, 0.717) is 18.1 Å². The van der Waals surface area contributed by atoms with Crippen molar-refractivity contribution in [3.63, 3.8) is 0 Å². The average molecular weight is 303 g/mol. The van der Waals surface area contributed by atoms with E-state index in [0.717, 1.165) is 46.1 Å². The summed E-state index contributed by atoms with van der Waals surface area (Å²) in [4.78, 5) is 4.91. The van der Waals surface area contributed by atoms with Crippen molar-refractivity contribution in [3.05, 3.63) is 0 Å². The van der Waals surface area contributed by atoms with Gasteiger partial charge in [-0.25, -0.2) is 0 Å². The van der Waals surface area contributed by atoms with Gasteiger partial charge in [-0.05, 0) is 34.6 Å². The molecular weight excluding hydrogens is 264 g/mol. The van der Waals surface area contributed by atoms with E-state index in [1.165, 1.54) is 0 Å². The van der Waals surface area contributed by atoms with Crippen molar-refractivity contribution in [2.45, 2.75) is 66.6 Å². The van der Waals surface area contributed by atoms with Crippen molar-refractivity contribution in [2.75, 3.05) is 46.1 Å². The fourth-order valence-electron chi connectivity index (χ4n) is 2.60. The van der Waals surface area contributed by atoms with Crippen LogP contribution in [0.1, 0.15) is 48.5 Å². The van der Waals surface area contributed by atoms with Gasteiger partial charge in [-0.3, -0.25) is 9.80 Å². The summed E-state index contributed by atoms with van der Waals surface area (Å²) in [6.07, 6.45) is 0. The largest absolute Gasteiger partial charge is 0.379 e. The quantitative estimate of drug-likeness (QED) is 0.783. The predicted molar refractivity (Wildman–Crippen MR) is 91.0 cm³/mol. The number of rotatable bonds is 2. The molecule has 2 rings (SSSR count). The van der Waals surface area contributed by atoms with Crippen LogP contribution in [0.15, 0.2) is 0 Å². The van der Waals surface area contributed by atoms with Gasteiger partial charge in [0.25, 0.3) is 0 Å². The number of nitrogens with zero attached hydrogens (tertiary/aromatic N) is 2. The van der Waals surface area contributed by atoms with Gasteiger partial charge in [-0.2, -0.15) is 0 Å². The topological polar surface area (TPSA) is 24.9 Å². The molecule has 0 spiro atoms. The number of ether oxygens (including phenoxy) is 2. The van der Waals surface area contributed by atoms with Crippen molar-refractivity contribution >= 4 is 0 Å². The third-order valence-electron chi connectivity index (χ3n) is 3.86. The van der Waals surface area contributed by atoms with E-state index in [-0.39, 0.29) is 0 Å². The Balaban J connectivity index is 0.000000342. The molecule has 4 nitrogen and oxygen atoms in total. The van der Waals surface area contributed by atoms with Crippen LogP contribution in [0, 0.1) is 0 Å². The molecule has 0 amide bonds. The van der Waals surface area contributed by atoms with Crippen molar-refractivity contribution < 1.29 is 9.47 Å². The lowest BCUT2D eigenvalue weighted by Gasteiger charge is -2.36. The Morgan fingerprint density at radius 1 is 0.810 bits per heavy atom. The highest BCUT2D eigenvalue weighted by molar-refractivity contribution is 4.73. The molecule has 0 N–H and O–H groups in total. The van der Waals surface area contributed by atoms with Gasteiger partial charge in [-0.15, -0.1) is 0 Å². The van der Waals surface area contributed by atoms with Crippen LogP contribution < -0.4 is 0 Å². The molecule has 0 aliphatic carbocycles. The minimum Gasteiger partial charge on any atom is -0.379 e. The summed E-state index contributed by atoms with van der Waals surface area (Å²) >= 11 is 0. The first kappa shape index (κ1) is 20.8. The fraction of sp³-hybridized carbons (Fsp3) is 1.00. The zero-order valence-electron chi connectivity index (χ0n) is 15.4. The molecule has 128 valence electrons. The van der Waals surface area contributed by atoms with Gasteiger partial charge >= 0.3 is 0 Å². The third kappa shape index (κ3) is 8.77. The molecule has 2 fully saturated rings. The van der Waals surface area contributed by atoms with E-state index in [4.69, 9.17) is 9.47 Å². The maximum absolute atomic E-state index is 5.32. The Labute approximate surface area is 132 Å². The van der Waals surface area contributed by atoms with Crippen molar-refractivity contribution in [1.29, 1.82) is 0 Å². The molecule has 0 aromatic rings. The average Bonchev–Trinajstić information content (AvgIpc) is 2.51. The lowest BCUT2D eigenvalue weighted by molar-refractivity contribution is -0.0149. The molecule has 0 aromatic heterocycles. The predicted octanol–water partition coefficient (Wildman–Crippen LogP) is 2.87.